The number of nitrogens with zero attached hydrogens (tertiary/aromatic N) is 3. The minimum Gasteiger partial charge on any atom is -0.478 e. The molecule has 5 rings (SSSR count). The first kappa shape index (κ1) is 20.7. The Labute approximate surface area is 190 Å². The molecule has 2 aromatic carbocycles. The van der Waals surface area contributed by atoms with Gasteiger partial charge in [-0.05, 0) is 48.9 Å². The molecule has 3 heterocycles. The fraction of sp³-hybridized carbons (Fsp3) is 0.0870. The van der Waals surface area contributed by atoms with E-state index in [1.165, 1.54) is 36.4 Å². The lowest BCUT2D eigenvalue weighted by molar-refractivity contribution is -0.384. The number of fused-ring (bicyclic) bond motifs is 2. The maximum absolute atomic E-state index is 12.9. The Morgan fingerprint density at radius 3 is 2.76 bits per heavy atom. The SMILES string of the molecule is O=C(O)c1ccc2c(=O)n3c(nc2c1)/C(=C/c1ccc(-c2ccc([N+](=O)[O-])cc2Cl)o1)CC3. The first-order chi connectivity index (χ1) is 15.8. The van der Waals surface area contributed by atoms with Gasteiger partial charge in [-0.2, -0.15) is 0 Å². The third kappa shape index (κ3) is 3.58. The van der Waals surface area contributed by atoms with E-state index >= 15 is 0 Å². The molecule has 0 amide bonds. The van der Waals surface area contributed by atoms with Crippen molar-refractivity contribution < 1.29 is 19.2 Å². The highest BCUT2D eigenvalue weighted by Gasteiger charge is 2.22. The molecule has 0 saturated heterocycles. The molecule has 33 heavy (non-hydrogen) atoms. The third-order valence-electron chi connectivity index (χ3n) is 5.47. The summed E-state index contributed by atoms with van der Waals surface area (Å²) in [6.45, 7) is 0.450. The highest BCUT2D eigenvalue weighted by atomic mass is 35.5. The molecule has 4 aromatic rings. The summed E-state index contributed by atoms with van der Waals surface area (Å²) in [6.07, 6.45) is 2.32. The molecule has 0 aliphatic carbocycles. The standard InChI is InChI=1S/C23H14ClN3O6/c24-18-11-14(27(31)32)2-5-16(18)20-6-3-15(33-20)9-12-7-8-26-21(12)25-19-10-13(23(29)30)1-4-17(19)22(26)28/h1-6,9-11H,7-8H2,(H,29,30)/b12-9+. The van der Waals surface area contributed by atoms with Crippen LogP contribution in [0.5, 0.6) is 0 Å². The number of non-ortho nitro benzene ring substituents is 1. The van der Waals surface area contributed by atoms with Crippen molar-refractivity contribution >= 4 is 45.8 Å². The average molecular weight is 464 g/mol. The summed E-state index contributed by atoms with van der Waals surface area (Å²) < 4.78 is 7.43. The summed E-state index contributed by atoms with van der Waals surface area (Å²) in [7, 11) is 0. The van der Waals surface area contributed by atoms with Crippen LogP contribution in [0.1, 0.15) is 28.4 Å². The van der Waals surface area contributed by atoms with Crippen molar-refractivity contribution in [3.8, 4) is 11.3 Å². The number of hydrogen-bond acceptors (Lipinski definition) is 6. The quantitative estimate of drug-likeness (QED) is 0.338. The fourth-order valence-corrected chi connectivity index (χ4v) is 4.12. The smallest absolute Gasteiger partial charge is 0.335 e. The topological polar surface area (TPSA) is 128 Å². The average Bonchev–Trinajstić information content (AvgIpc) is 3.41. The molecule has 1 aliphatic heterocycles. The van der Waals surface area contributed by atoms with Gasteiger partial charge in [-0.1, -0.05) is 11.6 Å². The molecule has 0 spiro atoms. The lowest BCUT2D eigenvalue weighted by Gasteiger charge is -2.06. The van der Waals surface area contributed by atoms with E-state index in [0.717, 1.165) is 5.57 Å². The van der Waals surface area contributed by atoms with Crippen molar-refractivity contribution in [3.05, 3.63) is 91.2 Å². The van der Waals surface area contributed by atoms with Gasteiger partial charge in [0.15, 0.2) is 0 Å². The predicted molar refractivity (Wildman–Crippen MR) is 121 cm³/mol. The van der Waals surface area contributed by atoms with Crippen LogP contribution in [-0.2, 0) is 6.54 Å². The Balaban J connectivity index is 1.53. The van der Waals surface area contributed by atoms with Gasteiger partial charge in [0, 0.05) is 29.8 Å². The van der Waals surface area contributed by atoms with Gasteiger partial charge in [-0.3, -0.25) is 19.5 Å². The van der Waals surface area contributed by atoms with Gasteiger partial charge < -0.3 is 9.52 Å². The Morgan fingerprint density at radius 1 is 1.21 bits per heavy atom. The maximum atomic E-state index is 12.9. The number of carboxylic acids is 1. The first-order valence-electron chi connectivity index (χ1n) is 9.85. The molecular formula is C23H14ClN3O6. The number of carbonyl (C=O) groups is 1. The highest BCUT2D eigenvalue weighted by Crippen LogP contribution is 2.34. The summed E-state index contributed by atoms with van der Waals surface area (Å²) in [5, 5.41) is 20.7. The molecule has 2 aromatic heterocycles. The van der Waals surface area contributed by atoms with Gasteiger partial charge >= 0.3 is 5.97 Å². The first-order valence-corrected chi connectivity index (χ1v) is 10.2. The van der Waals surface area contributed by atoms with Crippen molar-refractivity contribution in [1.82, 2.24) is 9.55 Å². The van der Waals surface area contributed by atoms with Crippen LogP contribution < -0.4 is 5.56 Å². The summed E-state index contributed by atoms with van der Waals surface area (Å²) >= 11 is 6.19. The van der Waals surface area contributed by atoms with Crippen LogP contribution in [0, 0.1) is 10.1 Å². The fourth-order valence-electron chi connectivity index (χ4n) is 3.85. The monoisotopic (exact) mass is 463 g/mol. The zero-order valence-electron chi connectivity index (χ0n) is 16.8. The van der Waals surface area contributed by atoms with Crippen molar-refractivity contribution in [1.29, 1.82) is 0 Å². The zero-order chi connectivity index (χ0) is 23.3. The van der Waals surface area contributed by atoms with E-state index in [2.05, 4.69) is 4.98 Å². The van der Waals surface area contributed by atoms with Crippen LogP contribution in [0.4, 0.5) is 5.69 Å². The number of rotatable bonds is 4. The van der Waals surface area contributed by atoms with Crippen molar-refractivity contribution in [2.75, 3.05) is 0 Å². The molecule has 0 fully saturated rings. The molecule has 9 nitrogen and oxygen atoms in total. The van der Waals surface area contributed by atoms with Crippen LogP contribution in [0.2, 0.25) is 5.02 Å². The number of furan rings is 1. The van der Waals surface area contributed by atoms with E-state index in [-0.39, 0.29) is 21.8 Å². The van der Waals surface area contributed by atoms with Crippen LogP contribution in [0.25, 0.3) is 33.9 Å². The minimum atomic E-state index is -1.09. The second-order valence-corrected chi connectivity index (χ2v) is 7.88. The maximum Gasteiger partial charge on any atom is 0.335 e. The number of allylic oxidation sites excluding steroid dienone is 1. The van der Waals surface area contributed by atoms with Gasteiger partial charge in [-0.25, -0.2) is 9.78 Å². The second kappa shape index (κ2) is 7.72. The van der Waals surface area contributed by atoms with Crippen LogP contribution in [0.3, 0.4) is 0 Å². The molecule has 0 unspecified atom stereocenters. The Kier molecular flexibility index (Phi) is 4.83. The van der Waals surface area contributed by atoms with Crippen molar-refractivity contribution in [3.63, 3.8) is 0 Å². The van der Waals surface area contributed by atoms with Gasteiger partial charge in [0.25, 0.3) is 11.2 Å². The molecule has 10 heteroatoms. The molecule has 1 N–H and O–H groups in total. The number of aromatic carboxylic acids is 1. The highest BCUT2D eigenvalue weighted by molar-refractivity contribution is 6.33. The second-order valence-electron chi connectivity index (χ2n) is 7.47. The lowest BCUT2D eigenvalue weighted by Crippen LogP contribution is -2.20. The van der Waals surface area contributed by atoms with E-state index in [1.807, 2.05) is 0 Å². The number of benzene rings is 2. The Hall–Kier alpha value is -4.24. The van der Waals surface area contributed by atoms with Crippen molar-refractivity contribution in [2.24, 2.45) is 0 Å². The number of carboxylic acid groups (broad SMARTS) is 1. The molecule has 0 saturated carbocycles. The normalized spacial score (nSPS) is 14.0. The van der Waals surface area contributed by atoms with Crippen LogP contribution in [-0.4, -0.2) is 25.6 Å². The minimum absolute atomic E-state index is 0.0542. The number of halogens is 1. The van der Waals surface area contributed by atoms with E-state index in [0.29, 0.717) is 46.8 Å². The molecular weight excluding hydrogens is 450 g/mol. The van der Waals surface area contributed by atoms with Gasteiger partial charge in [-0.15, -0.1) is 0 Å². The summed E-state index contributed by atoms with van der Waals surface area (Å²) in [5.74, 6) is 0.302. The number of aromatic nitrogens is 2. The van der Waals surface area contributed by atoms with Crippen LogP contribution in [0.15, 0.2) is 57.7 Å². The third-order valence-corrected chi connectivity index (χ3v) is 5.78. The lowest BCUT2D eigenvalue weighted by atomic mass is 10.1. The largest absolute Gasteiger partial charge is 0.478 e. The van der Waals surface area contributed by atoms with Gasteiger partial charge in [0.2, 0.25) is 0 Å². The van der Waals surface area contributed by atoms with E-state index in [9.17, 15) is 24.8 Å². The molecule has 164 valence electrons. The summed E-state index contributed by atoms with van der Waals surface area (Å²) in [5.41, 5.74) is 1.31. The molecule has 0 radical (unpaired) electrons. The summed E-state index contributed by atoms with van der Waals surface area (Å²) in [4.78, 5) is 39.1. The Morgan fingerprint density at radius 2 is 2.03 bits per heavy atom. The van der Waals surface area contributed by atoms with Crippen LogP contribution >= 0.6 is 11.6 Å². The molecule has 1 aliphatic rings. The van der Waals surface area contributed by atoms with E-state index in [4.69, 9.17) is 16.0 Å². The molecule has 0 atom stereocenters. The Bertz CT molecular complexity index is 1570. The number of hydrogen-bond donors (Lipinski definition) is 1. The number of nitro groups is 1. The van der Waals surface area contributed by atoms with E-state index in [1.54, 1.807) is 22.8 Å². The van der Waals surface area contributed by atoms with Gasteiger partial charge in [0.05, 0.1) is 26.4 Å². The van der Waals surface area contributed by atoms with Gasteiger partial charge in [0.1, 0.15) is 17.3 Å². The summed E-state index contributed by atoms with van der Waals surface area (Å²) in [6, 6.07) is 11.8. The number of nitro benzene ring substituents is 1. The predicted octanol–water partition coefficient (Wildman–Crippen LogP) is 4.86. The van der Waals surface area contributed by atoms with E-state index < -0.39 is 10.9 Å². The zero-order valence-corrected chi connectivity index (χ0v) is 17.6. The van der Waals surface area contributed by atoms with Crippen molar-refractivity contribution in [2.45, 2.75) is 13.0 Å². The molecule has 0 bridgehead atoms.